The van der Waals surface area contributed by atoms with Gasteiger partial charge in [0.2, 0.25) is 0 Å². The number of pyridine rings is 1. The van der Waals surface area contributed by atoms with Crippen molar-refractivity contribution in [3.05, 3.63) is 53.2 Å². The van der Waals surface area contributed by atoms with E-state index in [1.807, 2.05) is 54.0 Å². The van der Waals surface area contributed by atoms with Gasteiger partial charge in [0.1, 0.15) is 5.69 Å². The van der Waals surface area contributed by atoms with Crippen LogP contribution in [0.3, 0.4) is 0 Å². The van der Waals surface area contributed by atoms with Crippen LogP contribution in [0.15, 0.2) is 42.5 Å². The van der Waals surface area contributed by atoms with Crippen molar-refractivity contribution in [2.75, 3.05) is 14.2 Å². The summed E-state index contributed by atoms with van der Waals surface area (Å²) in [6.07, 6.45) is 0. The predicted octanol–water partition coefficient (Wildman–Crippen LogP) is 3.28. The fourth-order valence-corrected chi connectivity index (χ4v) is 3.46. The number of aryl methyl sites for hydroxylation is 1. The number of hydrogen-bond donors (Lipinski definition) is 1. The summed E-state index contributed by atoms with van der Waals surface area (Å²) in [6, 6.07) is 13.6. The predicted molar refractivity (Wildman–Crippen MR) is 102 cm³/mol. The van der Waals surface area contributed by atoms with Crippen LogP contribution in [0.2, 0.25) is 5.02 Å². The number of nitrogens with zero attached hydrogens (tertiary/aromatic N) is 4. The highest BCUT2D eigenvalue weighted by Gasteiger charge is 2.25. The van der Waals surface area contributed by atoms with Crippen LogP contribution in [0.1, 0.15) is 5.69 Å². The molecule has 8 heteroatoms. The summed E-state index contributed by atoms with van der Waals surface area (Å²) in [5.74, 6) is 1.72. The molecule has 0 aliphatic carbocycles. The summed E-state index contributed by atoms with van der Waals surface area (Å²) >= 11 is 6.54. The minimum Gasteiger partial charge on any atom is -0.493 e. The maximum atomic E-state index is 6.54. The first kappa shape index (κ1) is 17.2. The molecule has 7 nitrogen and oxygen atoms in total. The fraction of sp³-hybridized carbons (Fsp3) is 0.158. The van der Waals surface area contributed by atoms with Gasteiger partial charge in [-0.2, -0.15) is 4.57 Å². The van der Waals surface area contributed by atoms with Crippen LogP contribution in [-0.4, -0.2) is 34.8 Å². The van der Waals surface area contributed by atoms with Gasteiger partial charge in [0.25, 0.3) is 0 Å². The van der Waals surface area contributed by atoms with Crippen molar-refractivity contribution in [3.8, 4) is 28.7 Å². The van der Waals surface area contributed by atoms with Crippen LogP contribution < -0.4 is 14.0 Å². The molecule has 0 saturated heterocycles. The number of aromatic amines is 1. The maximum Gasteiger partial charge on any atom is 0.483 e. The van der Waals surface area contributed by atoms with Crippen LogP contribution in [0.5, 0.6) is 11.5 Å². The SMILES string of the molecule is COc1cc2cc(C)[n+](-c3nn[nH]n3)c(-c3ccccc3Cl)c2cc1OC. The van der Waals surface area contributed by atoms with Crippen molar-refractivity contribution in [3.63, 3.8) is 0 Å². The number of ether oxygens (including phenoxy) is 2. The Morgan fingerprint density at radius 1 is 1.04 bits per heavy atom. The van der Waals surface area contributed by atoms with E-state index in [1.165, 1.54) is 0 Å². The van der Waals surface area contributed by atoms with E-state index in [9.17, 15) is 0 Å². The van der Waals surface area contributed by atoms with Gasteiger partial charge in [0.05, 0.1) is 30.0 Å². The third kappa shape index (κ3) is 2.86. The Morgan fingerprint density at radius 2 is 1.78 bits per heavy atom. The number of fused-ring (bicyclic) bond motifs is 1. The number of tetrazole rings is 1. The number of rotatable bonds is 4. The maximum absolute atomic E-state index is 6.54. The Kier molecular flexibility index (Phi) is 4.37. The van der Waals surface area contributed by atoms with Gasteiger partial charge >= 0.3 is 5.95 Å². The minimum atomic E-state index is 0.430. The van der Waals surface area contributed by atoms with Crippen molar-refractivity contribution in [2.45, 2.75) is 6.92 Å². The monoisotopic (exact) mass is 382 g/mol. The molecular formula is C19H17ClN5O2+. The molecule has 0 fully saturated rings. The third-order valence-electron chi connectivity index (χ3n) is 4.41. The van der Waals surface area contributed by atoms with Crippen LogP contribution in [-0.2, 0) is 0 Å². The number of aromatic nitrogens is 5. The average molecular weight is 383 g/mol. The van der Waals surface area contributed by atoms with Crippen LogP contribution in [0.25, 0.3) is 28.0 Å². The number of nitrogens with one attached hydrogen (secondary N) is 1. The van der Waals surface area contributed by atoms with Crippen molar-refractivity contribution in [2.24, 2.45) is 0 Å². The molecule has 2 aromatic heterocycles. The van der Waals surface area contributed by atoms with Crippen molar-refractivity contribution in [1.29, 1.82) is 0 Å². The van der Waals surface area contributed by atoms with E-state index >= 15 is 0 Å². The number of halogens is 1. The van der Waals surface area contributed by atoms with E-state index in [4.69, 9.17) is 21.1 Å². The Morgan fingerprint density at radius 3 is 2.44 bits per heavy atom. The van der Waals surface area contributed by atoms with Crippen LogP contribution >= 0.6 is 11.6 Å². The number of methoxy groups -OCH3 is 2. The standard InChI is InChI=1S/C19H17ClN5O2/c1-11-8-12-9-16(26-2)17(27-3)10-14(12)18(13-6-4-5-7-15(13)20)25(11)19-21-23-24-22-19/h4-10H,1-3H3,(H,21,22,23,24)/q+1. The van der Waals surface area contributed by atoms with Gasteiger partial charge in [-0.25, -0.2) is 0 Å². The number of benzene rings is 2. The molecule has 0 radical (unpaired) electrons. The van der Waals surface area contributed by atoms with E-state index in [0.29, 0.717) is 22.5 Å². The average Bonchev–Trinajstić information content (AvgIpc) is 3.20. The second-order valence-electron chi connectivity index (χ2n) is 5.96. The van der Waals surface area contributed by atoms with Crippen LogP contribution in [0.4, 0.5) is 0 Å². The topological polar surface area (TPSA) is 76.8 Å². The lowest BCUT2D eigenvalue weighted by Gasteiger charge is -2.15. The Labute approximate surface area is 160 Å². The molecule has 4 rings (SSSR count). The molecule has 27 heavy (non-hydrogen) atoms. The molecule has 0 spiro atoms. The van der Waals surface area contributed by atoms with E-state index in [1.54, 1.807) is 14.2 Å². The van der Waals surface area contributed by atoms with Crippen LogP contribution in [0, 0.1) is 6.92 Å². The molecule has 0 bridgehead atoms. The molecule has 136 valence electrons. The molecule has 4 aromatic rings. The zero-order valence-electron chi connectivity index (χ0n) is 15.0. The molecule has 0 amide bonds. The van der Waals surface area contributed by atoms with E-state index in [-0.39, 0.29) is 0 Å². The van der Waals surface area contributed by atoms with E-state index in [0.717, 1.165) is 27.7 Å². The highest BCUT2D eigenvalue weighted by Crippen LogP contribution is 2.38. The molecular weight excluding hydrogens is 366 g/mol. The van der Waals surface area contributed by atoms with Crippen molar-refractivity contribution in [1.82, 2.24) is 20.6 Å². The molecule has 1 N–H and O–H groups in total. The summed E-state index contributed by atoms with van der Waals surface area (Å²) in [7, 11) is 3.23. The lowest BCUT2D eigenvalue weighted by Crippen LogP contribution is -2.38. The second kappa shape index (κ2) is 6.85. The summed E-state index contributed by atoms with van der Waals surface area (Å²) in [6.45, 7) is 1.98. The first-order valence-corrected chi connectivity index (χ1v) is 8.62. The van der Waals surface area contributed by atoms with Gasteiger partial charge in [0, 0.05) is 21.3 Å². The van der Waals surface area contributed by atoms with E-state index in [2.05, 4.69) is 20.6 Å². The quantitative estimate of drug-likeness (QED) is 0.548. The van der Waals surface area contributed by atoms with Gasteiger partial charge in [-0.05, 0) is 42.6 Å². The Balaban J connectivity index is 2.18. The van der Waals surface area contributed by atoms with Gasteiger partial charge in [-0.3, -0.25) is 0 Å². The summed E-state index contributed by atoms with van der Waals surface area (Å²) in [4.78, 5) is 0. The molecule has 2 aromatic carbocycles. The van der Waals surface area contributed by atoms with E-state index < -0.39 is 0 Å². The number of H-pyrrole nitrogens is 1. The largest absolute Gasteiger partial charge is 0.493 e. The van der Waals surface area contributed by atoms with Gasteiger partial charge in [-0.15, -0.1) is 0 Å². The molecule has 0 atom stereocenters. The van der Waals surface area contributed by atoms with Gasteiger partial charge in [0.15, 0.2) is 11.5 Å². The van der Waals surface area contributed by atoms with Crippen molar-refractivity contribution < 1.29 is 14.0 Å². The second-order valence-corrected chi connectivity index (χ2v) is 6.36. The van der Waals surface area contributed by atoms with Crippen molar-refractivity contribution >= 4 is 22.4 Å². The van der Waals surface area contributed by atoms with Gasteiger partial charge in [-0.1, -0.05) is 28.9 Å². The van der Waals surface area contributed by atoms with Gasteiger partial charge < -0.3 is 9.47 Å². The first-order valence-electron chi connectivity index (χ1n) is 8.24. The minimum absolute atomic E-state index is 0.430. The lowest BCUT2D eigenvalue weighted by molar-refractivity contribution is -0.597. The zero-order chi connectivity index (χ0) is 19.0. The highest BCUT2D eigenvalue weighted by atomic mass is 35.5. The zero-order valence-corrected chi connectivity index (χ0v) is 15.8. The summed E-state index contributed by atoms with van der Waals surface area (Å²) in [5, 5.41) is 17.1. The summed E-state index contributed by atoms with van der Waals surface area (Å²) in [5.41, 5.74) is 2.62. The Bertz CT molecular complexity index is 1130. The molecule has 0 unspecified atom stereocenters. The molecule has 0 saturated carbocycles. The third-order valence-corrected chi connectivity index (χ3v) is 4.74. The lowest BCUT2D eigenvalue weighted by atomic mass is 10.0. The fourth-order valence-electron chi connectivity index (χ4n) is 3.23. The Hall–Kier alpha value is -3.19. The molecule has 0 aliphatic heterocycles. The highest BCUT2D eigenvalue weighted by molar-refractivity contribution is 6.33. The normalized spacial score (nSPS) is 11.0. The smallest absolute Gasteiger partial charge is 0.483 e. The molecule has 2 heterocycles. The summed E-state index contributed by atoms with van der Waals surface area (Å²) < 4.78 is 12.9. The molecule has 0 aliphatic rings. The first-order chi connectivity index (χ1) is 13.1. The number of hydrogen-bond acceptors (Lipinski definition) is 5.